The number of carbonyl (C=O) groups excluding carboxylic acids is 1. The number of amides is 1. The van der Waals surface area contributed by atoms with E-state index >= 15 is 0 Å². The molecule has 1 saturated carbocycles. The molecule has 6 heteroatoms. The van der Waals surface area contributed by atoms with Crippen molar-refractivity contribution < 1.29 is 13.2 Å². The van der Waals surface area contributed by atoms with Crippen LogP contribution in [0.3, 0.4) is 0 Å². The molecule has 128 valence electrons. The number of benzene rings is 1. The Morgan fingerprint density at radius 2 is 1.78 bits per heavy atom. The van der Waals surface area contributed by atoms with E-state index in [1.165, 1.54) is 0 Å². The van der Waals surface area contributed by atoms with E-state index in [0.717, 1.165) is 22.9 Å². The van der Waals surface area contributed by atoms with Gasteiger partial charge < -0.3 is 5.32 Å². The molecule has 0 radical (unpaired) electrons. The van der Waals surface area contributed by atoms with E-state index < -0.39 is 21.5 Å². The number of hydrogen-bond acceptors (Lipinski definition) is 3. The van der Waals surface area contributed by atoms with Crippen LogP contribution >= 0.6 is 15.9 Å². The van der Waals surface area contributed by atoms with Gasteiger partial charge in [-0.05, 0) is 30.5 Å². The fraction of sp³-hybridized carbons (Fsp3) is 0.588. The van der Waals surface area contributed by atoms with Gasteiger partial charge in [0.2, 0.25) is 5.91 Å². The van der Waals surface area contributed by atoms with Gasteiger partial charge in [-0.25, -0.2) is 8.42 Å². The normalized spacial score (nSPS) is 16.5. The second kappa shape index (κ2) is 7.34. The molecule has 23 heavy (non-hydrogen) atoms. The van der Waals surface area contributed by atoms with E-state index in [0.29, 0.717) is 19.4 Å². The van der Waals surface area contributed by atoms with Crippen LogP contribution in [-0.2, 0) is 20.0 Å². The van der Waals surface area contributed by atoms with Crippen LogP contribution in [0.15, 0.2) is 28.7 Å². The van der Waals surface area contributed by atoms with Crippen molar-refractivity contribution in [1.29, 1.82) is 0 Å². The highest BCUT2D eigenvalue weighted by atomic mass is 79.9. The molecule has 0 atom stereocenters. The third kappa shape index (κ3) is 5.05. The summed E-state index contributed by atoms with van der Waals surface area (Å²) in [6.07, 6.45) is 3.28. The molecular weight excluding hydrogens is 378 g/mol. The predicted molar refractivity (Wildman–Crippen MR) is 96.2 cm³/mol. The van der Waals surface area contributed by atoms with Gasteiger partial charge in [0.1, 0.15) is 5.75 Å². The van der Waals surface area contributed by atoms with Crippen LogP contribution in [0, 0.1) is 0 Å². The fourth-order valence-electron chi connectivity index (χ4n) is 2.92. The summed E-state index contributed by atoms with van der Waals surface area (Å²) in [4.78, 5) is 12.0. The van der Waals surface area contributed by atoms with Crippen molar-refractivity contribution in [1.82, 2.24) is 5.32 Å². The van der Waals surface area contributed by atoms with Gasteiger partial charge in [0.15, 0.2) is 9.84 Å². The summed E-state index contributed by atoms with van der Waals surface area (Å²) < 4.78 is 25.4. The molecule has 1 aliphatic carbocycles. The first-order chi connectivity index (χ1) is 10.7. The van der Waals surface area contributed by atoms with E-state index in [9.17, 15) is 13.2 Å². The highest BCUT2D eigenvalue weighted by Crippen LogP contribution is 2.26. The molecule has 2 rings (SSSR count). The van der Waals surface area contributed by atoms with E-state index in [1.807, 2.05) is 38.1 Å². The van der Waals surface area contributed by atoms with Crippen LogP contribution < -0.4 is 5.32 Å². The molecule has 1 aliphatic rings. The third-order valence-corrected chi connectivity index (χ3v) is 7.18. The lowest BCUT2D eigenvalue weighted by atomic mass is 9.84. The average Bonchev–Trinajstić information content (AvgIpc) is 3.00. The quantitative estimate of drug-likeness (QED) is 0.795. The van der Waals surface area contributed by atoms with E-state index in [4.69, 9.17) is 0 Å². The van der Waals surface area contributed by atoms with Gasteiger partial charge in [0.05, 0.1) is 5.25 Å². The minimum atomic E-state index is -3.32. The number of halogens is 1. The summed E-state index contributed by atoms with van der Waals surface area (Å²) in [5, 5.41) is 2.46. The Balaban J connectivity index is 1.91. The molecule has 0 heterocycles. The maximum atomic E-state index is 12.2. The topological polar surface area (TPSA) is 63.2 Å². The molecule has 1 aromatic carbocycles. The molecule has 0 aromatic heterocycles. The van der Waals surface area contributed by atoms with Crippen molar-refractivity contribution in [2.75, 3.05) is 12.3 Å². The monoisotopic (exact) mass is 401 g/mol. The van der Waals surface area contributed by atoms with Gasteiger partial charge in [-0.2, -0.15) is 0 Å². The lowest BCUT2D eigenvalue weighted by Crippen LogP contribution is -2.40. The molecule has 0 bridgehead atoms. The molecule has 1 amide bonds. The number of hydrogen-bond donors (Lipinski definition) is 1. The largest absolute Gasteiger partial charge is 0.354 e. The molecule has 1 aromatic rings. The third-order valence-electron chi connectivity index (χ3n) is 4.50. The smallest absolute Gasteiger partial charge is 0.235 e. The van der Waals surface area contributed by atoms with E-state index in [1.54, 1.807) is 0 Å². The van der Waals surface area contributed by atoms with Crippen LogP contribution in [0.25, 0.3) is 0 Å². The summed E-state index contributed by atoms with van der Waals surface area (Å²) in [6.45, 7) is 4.47. The second-order valence-electron chi connectivity index (χ2n) is 6.88. The Kier molecular flexibility index (Phi) is 5.89. The molecular formula is C17H24BrNO3S. The minimum Gasteiger partial charge on any atom is -0.354 e. The molecule has 4 nitrogen and oxygen atoms in total. The fourth-order valence-corrected chi connectivity index (χ4v) is 4.94. The summed E-state index contributed by atoms with van der Waals surface area (Å²) in [5.74, 6) is -0.796. The van der Waals surface area contributed by atoms with E-state index in [2.05, 4.69) is 21.2 Å². The lowest BCUT2D eigenvalue weighted by molar-refractivity contribution is -0.118. The Morgan fingerprint density at radius 3 is 2.35 bits per heavy atom. The number of carbonyl (C=O) groups is 1. The Bertz CT molecular complexity index is 647. The minimum absolute atomic E-state index is 0.256. The first-order valence-electron chi connectivity index (χ1n) is 7.95. The lowest BCUT2D eigenvalue weighted by Gasteiger charge is -2.26. The Hall–Kier alpha value is -0.880. The van der Waals surface area contributed by atoms with Crippen molar-refractivity contribution >= 4 is 31.7 Å². The van der Waals surface area contributed by atoms with Crippen LogP contribution in [0.4, 0.5) is 0 Å². The zero-order chi connectivity index (χ0) is 17.1. The zero-order valence-electron chi connectivity index (χ0n) is 13.6. The molecule has 0 aliphatic heterocycles. The van der Waals surface area contributed by atoms with Crippen molar-refractivity contribution in [3.05, 3.63) is 34.3 Å². The van der Waals surface area contributed by atoms with Crippen molar-refractivity contribution in [3.8, 4) is 0 Å². The molecule has 1 N–H and O–H groups in total. The Labute approximate surface area is 147 Å². The first-order valence-corrected chi connectivity index (χ1v) is 10.5. The molecule has 0 saturated heterocycles. The number of nitrogens with one attached hydrogen (secondary N) is 1. The standard InChI is InChI=1S/C17H24BrNO3S/c1-17(2,13-7-9-14(18)10-8-13)12-19-16(20)11-23(21,22)15-5-3-4-6-15/h7-10,15H,3-6,11-12H2,1-2H3,(H,19,20). The second-order valence-corrected chi connectivity index (χ2v) is 10.1. The van der Waals surface area contributed by atoms with Gasteiger partial charge in [-0.15, -0.1) is 0 Å². The van der Waals surface area contributed by atoms with Crippen molar-refractivity contribution in [2.24, 2.45) is 0 Å². The van der Waals surface area contributed by atoms with Crippen LogP contribution in [0.5, 0.6) is 0 Å². The first kappa shape index (κ1) is 18.5. The van der Waals surface area contributed by atoms with Gasteiger partial charge in [0, 0.05) is 16.4 Å². The van der Waals surface area contributed by atoms with Crippen LogP contribution in [0.2, 0.25) is 0 Å². The Morgan fingerprint density at radius 1 is 1.22 bits per heavy atom. The van der Waals surface area contributed by atoms with Crippen LogP contribution in [-0.4, -0.2) is 31.9 Å². The maximum absolute atomic E-state index is 12.2. The maximum Gasteiger partial charge on any atom is 0.235 e. The van der Waals surface area contributed by atoms with Gasteiger partial charge in [0.25, 0.3) is 0 Å². The number of sulfone groups is 1. The summed E-state index contributed by atoms with van der Waals surface area (Å²) in [5.41, 5.74) is 0.840. The predicted octanol–water partition coefficient (Wildman–Crippen LogP) is 3.20. The average molecular weight is 402 g/mol. The molecule has 0 unspecified atom stereocenters. The summed E-state index contributed by atoms with van der Waals surface area (Å²) >= 11 is 3.40. The highest BCUT2D eigenvalue weighted by Gasteiger charge is 2.31. The zero-order valence-corrected chi connectivity index (χ0v) is 16.0. The van der Waals surface area contributed by atoms with Crippen molar-refractivity contribution in [3.63, 3.8) is 0 Å². The highest BCUT2D eigenvalue weighted by molar-refractivity contribution is 9.10. The van der Waals surface area contributed by atoms with Gasteiger partial charge in [-0.3, -0.25) is 4.79 Å². The summed E-state index contributed by atoms with van der Waals surface area (Å²) in [7, 11) is -3.32. The van der Waals surface area contributed by atoms with Crippen molar-refractivity contribution in [2.45, 2.75) is 50.2 Å². The SMILES string of the molecule is CC(C)(CNC(=O)CS(=O)(=O)C1CCCC1)c1ccc(Br)cc1. The number of rotatable bonds is 6. The summed E-state index contributed by atoms with van der Waals surface area (Å²) in [6, 6.07) is 7.93. The van der Waals surface area contributed by atoms with Gasteiger partial charge >= 0.3 is 0 Å². The molecule has 0 spiro atoms. The van der Waals surface area contributed by atoms with Gasteiger partial charge in [-0.1, -0.05) is 54.8 Å². The molecule has 1 fully saturated rings. The van der Waals surface area contributed by atoms with E-state index in [-0.39, 0.29) is 10.7 Å². The van der Waals surface area contributed by atoms with Crippen LogP contribution in [0.1, 0.15) is 45.1 Å².